The number of aliphatic hydroxyl groups excluding tert-OH is 2. The Morgan fingerprint density at radius 2 is 1.90 bits per heavy atom. The molecule has 2 saturated heterocycles. The van der Waals surface area contributed by atoms with Gasteiger partial charge in [-0.25, -0.2) is 4.39 Å². The van der Waals surface area contributed by atoms with Gasteiger partial charge in [-0.3, -0.25) is 9.69 Å². The van der Waals surface area contributed by atoms with Gasteiger partial charge in [-0.1, -0.05) is 6.07 Å². The summed E-state index contributed by atoms with van der Waals surface area (Å²) < 4.78 is 19.1. The molecule has 30 heavy (non-hydrogen) atoms. The molecule has 1 aromatic heterocycles. The van der Waals surface area contributed by atoms with Gasteiger partial charge in [0, 0.05) is 38.4 Å². The Bertz CT molecular complexity index is 827. The number of benzene rings is 1. The van der Waals surface area contributed by atoms with Crippen LogP contribution >= 0.6 is 11.3 Å². The van der Waals surface area contributed by atoms with Crippen molar-refractivity contribution in [1.82, 2.24) is 10.2 Å². The van der Waals surface area contributed by atoms with E-state index < -0.39 is 18.3 Å². The smallest absolute Gasteiger partial charge is 0.261 e. The lowest BCUT2D eigenvalue weighted by Gasteiger charge is -2.41. The van der Waals surface area contributed by atoms with Gasteiger partial charge in [-0.05, 0) is 35.7 Å². The molecule has 1 aromatic carbocycles. The van der Waals surface area contributed by atoms with Crippen molar-refractivity contribution in [2.75, 3.05) is 44.2 Å². The molecule has 2 fully saturated rings. The molecule has 0 bridgehead atoms. The number of amides is 1. The highest BCUT2D eigenvalue weighted by Crippen LogP contribution is 2.28. The van der Waals surface area contributed by atoms with Crippen molar-refractivity contribution >= 4 is 22.9 Å². The number of aliphatic hydroxyl groups is 2. The Morgan fingerprint density at radius 1 is 1.17 bits per heavy atom. The first-order valence-corrected chi connectivity index (χ1v) is 11.0. The molecular formula is C21H26FN3O4S. The fourth-order valence-electron chi connectivity index (χ4n) is 4.21. The van der Waals surface area contributed by atoms with Crippen molar-refractivity contribution in [3.05, 3.63) is 52.5 Å². The first kappa shape index (κ1) is 21.2. The highest BCUT2D eigenvalue weighted by atomic mass is 32.1. The predicted molar refractivity (Wildman–Crippen MR) is 112 cm³/mol. The zero-order valence-electron chi connectivity index (χ0n) is 16.5. The van der Waals surface area contributed by atoms with Gasteiger partial charge < -0.3 is 25.2 Å². The zero-order valence-corrected chi connectivity index (χ0v) is 17.3. The average molecular weight is 436 g/mol. The van der Waals surface area contributed by atoms with Gasteiger partial charge in [0.1, 0.15) is 18.0 Å². The van der Waals surface area contributed by atoms with E-state index in [2.05, 4.69) is 15.1 Å². The fourth-order valence-corrected chi connectivity index (χ4v) is 4.85. The molecule has 3 N–H and O–H groups in total. The molecule has 4 rings (SSSR count). The van der Waals surface area contributed by atoms with E-state index in [4.69, 9.17) is 4.74 Å². The van der Waals surface area contributed by atoms with Crippen LogP contribution in [0.1, 0.15) is 9.67 Å². The van der Waals surface area contributed by atoms with E-state index in [9.17, 15) is 19.4 Å². The number of hydrogen-bond donors (Lipinski definition) is 3. The Morgan fingerprint density at radius 3 is 2.53 bits per heavy atom. The molecule has 3 heterocycles. The lowest BCUT2D eigenvalue weighted by atomic mass is 10.0. The maximum absolute atomic E-state index is 13.2. The number of ether oxygens (including phenoxy) is 1. The number of anilines is 1. The van der Waals surface area contributed by atoms with Gasteiger partial charge in [0.05, 0.1) is 23.6 Å². The summed E-state index contributed by atoms with van der Waals surface area (Å²) in [6, 6.07) is 9.70. The van der Waals surface area contributed by atoms with Gasteiger partial charge in [-0.2, -0.15) is 0 Å². The van der Waals surface area contributed by atoms with Crippen molar-refractivity contribution in [3.8, 4) is 0 Å². The predicted octanol–water partition coefficient (Wildman–Crippen LogP) is 0.928. The van der Waals surface area contributed by atoms with Crippen LogP contribution in [0.15, 0.2) is 41.8 Å². The molecule has 0 saturated carbocycles. The Labute approximate surface area is 178 Å². The number of nitrogens with zero attached hydrogens (tertiary/aromatic N) is 2. The minimum Gasteiger partial charge on any atom is -0.394 e. The van der Waals surface area contributed by atoms with Crippen LogP contribution in [-0.2, 0) is 4.74 Å². The lowest BCUT2D eigenvalue weighted by molar-refractivity contribution is -0.0209. The minimum atomic E-state index is -0.837. The van der Waals surface area contributed by atoms with Crippen LogP contribution in [0.5, 0.6) is 0 Å². The van der Waals surface area contributed by atoms with E-state index >= 15 is 0 Å². The normalized spacial score (nSPS) is 27.4. The van der Waals surface area contributed by atoms with E-state index in [0.29, 0.717) is 18.0 Å². The van der Waals surface area contributed by atoms with Crippen LogP contribution in [0, 0.1) is 5.82 Å². The first-order valence-electron chi connectivity index (χ1n) is 10.1. The molecule has 0 spiro atoms. The number of nitrogens with one attached hydrogen (secondary N) is 1. The molecule has 0 radical (unpaired) electrons. The molecule has 162 valence electrons. The maximum atomic E-state index is 13.2. The molecule has 0 aliphatic carbocycles. The second-order valence-electron chi connectivity index (χ2n) is 7.56. The van der Waals surface area contributed by atoms with Crippen molar-refractivity contribution in [3.63, 3.8) is 0 Å². The van der Waals surface area contributed by atoms with Crippen molar-refractivity contribution in [1.29, 1.82) is 0 Å². The van der Waals surface area contributed by atoms with Crippen LogP contribution in [0.4, 0.5) is 10.1 Å². The monoisotopic (exact) mass is 435 g/mol. The SMILES string of the molecule is O=C(NCC1OC(CO)C(O)C1N1CCN(c2ccc(F)cc2)CC1)c1cccs1. The number of halogens is 1. The van der Waals surface area contributed by atoms with Crippen molar-refractivity contribution < 1.29 is 24.1 Å². The number of carbonyl (C=O) groups is 1. The maximum Gasteiger partial charge on any atom is 0.261 e. The van der Waals surface area contributed by atoms with Gasteiger partial charge >= 0.3 is 0 Å². The Kier molecular flexibility index (Phi) is 6.64. The second kappa shape index (κ2) is 9.40. The summed E-state index contributed by atoms with van der Waals surface area (Å²) in [4.78, 5) is 17.2. The van der Waals surface area contributed by atoms with Crippen LogP contribution in [-0.4, -0.2) is 84.7 Å². The summed E-state index contributed by atoms with van der Waals surface area (Å²) in [6.45, 7) is 2.82. The summed E-state index contributed by atoms with van der Waals surface area (Å²) >= 11 is 1.37. The van der Waals surface area contributed by atoms with Gasteiger partial charge in [-0.15, -0.1) is 11.3 Å². The molecule has 4 atom stereocenters. The topological polar surface area (TPSA) is 85.3 Å². The molecule has 1 amide bonds. The van der Waals surface area contributed by atoms with Crippen LogP contribution in [0.25, 0.3) is 0 Å². The third kappa shape index (κ3) is 4.50. The van der Waals surface area contributed by atoms with Crippen molar-refractivity contribution in [2.45, 2.75) is 24.4 Å². The number of thiophene rings is 1. The molecular weight excluding hydrogens is 409 g/mol. The van der Waals surface area contributed by atoms with E-state index in [1.165, 1.54) is 23.5 Å². The van der Waals surface area contributed by atoms with E-state index in [1.54, 1.807) is 18.2 Å². The molecule has 4 unspecified atom stereocenters. The third-order valence-corrected chi connectivity index (χ3v) is 6.65. The highest BCUT2D eigenvalue weighted by molar-refractivity contribution is 7.12. The lowest BCUT2D eigenvalue weighted by Crippen LogP contribution is -2.57. The van der Waals surface area contributed by atoms with Crippen LogP contribution in [0.2, 0.25) is 0 Å². The largest absolute Gasteiger partial charge is 0.394 e. The Balaban J connectivity index is 1.38. The fraction of sp³-hybridized carbons (Fsp3) is 0.476. The van der Waals surface area contributed by atoms with E-state index in [0.717, 1.165) is 18.8 Å². The summed E-state index contributed by atoms with van der Waals surface area (Å²) in [5.41, 5.74) is 0.965. The van der Waals surface area contributed by atoms with Gasteiger partial charge in [0.25, 0.3) is 5.91 Å². The highest BCUT2D eigenvalue weighted by Gasteiger charge is 2.46. The second-order valence-corrected chi connectivity index (χ2v) is 8.51. The quantitative estimate of drug-likeness (QED) is 0.626. The average Bonchev–Trinajstić information content (AvgIpc) is 3.41. The summed E-state index contributed by atoms with van der Waals surface area (Å²) in [6.07, 6.45) is -1.93. The number of hydrogen-bond acceptors (Lipinski definition) is 7. The van der Waals surface area contributed by atoms with Gasteiger partial charge in [0.2, 0.25) is 0 Å². The van der Waals surface area contributed by atoms with Crippen molar-refractivity contribution in [2.24, 2.45) is 0 Å². The number of rotatable bonds is 6. The van der Waals surface area contributed by atoms with Crippen LogP contribution in [0.3, 0.4) is 0 Å². The summed E-state index contributed by atoms with van der Waals surface area (Å²) in [5, 5.41) is 25.1. The molecule has 9 heteroatoms. The third-order valence-electron chi connectivity index (χ3n) is 5.78. The standard InChI is InChI=1S/C21H26FN3O4S/c22-14-3-5-15(6-4-14)24-7-9-25(10-8-24)19-16(29-17(13-26)20(19)27)12-23-21(28)18-2-1-11-30-18/h1-6,11,16-17,19-20,26-27H,7-10,12-13H2,(H,23,28). The summed E-state index contributed by atoms with van der Waals surface area (Å²) in [5.74, 6) is -0.429. The first-order chi connectivity index (χ1) is 14.6. The Hall–Kier alpha value is -2.04. The minimum absolute atomic E-state index is 0.171. The van der Waals surface area contributed by atoms with Gasteiger partial charge in [0.15, 0.2) is 0 Å². The molecule has 2 aliphatic rings. The van der Waals surface area contributed by atoms with E-state index in [-0.39, 0.29) is 30.9 Å². The molecule has 7 nitrogen and oxygen atoms in total. The zero-order chi connectivity index (χ0) is 21.1. The van der Waals surface area contributed by atoms with E-state index in [1.807, 2.05) is 11.4 Å². The van der Waals surface area contributed by atoms with Crippen LogP contribution < -0.4 is 10.2 Å². The molecule has 2 aliphatic heterocycles. The molecule has 2 aromatic rings. The summed E-state index contributed by atoms with van der Waals surface area (Å²) in [7, 11) is 0. The number of piperazine rings is 1. The number of carbonyl (C=O) groups excluding carboxylic acids is 1.